The standard InChI is InChI=1S/C16H12BrNOS/c17-14-6-4-12(5-7-14)10-18-15(2-1-3-16(18)19)13-8-9-20-11-13/h1-9,11H,10H2. The first-order valence-corrected chi connectivity index (χ1v) is 7.94. The van der Waals surface area contributed by atoms with Crippen LogP contribution in [0.1, 0.15) is 5.56 Å². The molecule has 4 heteroatoms. The highest BCUT2D eigenvalue weighted by Crippen LogP contribution is 2.21. The molecule has 0 radical (unpaired) electrons. The Morgan fingerprint density at radius 1 is 1.05 bits per heavy atom. The number of rotatable bonds is 3. The largest absolute Gasteiger partial charge is 0.304 e. The Kier molecular flexibility index (Phi) is 3.85. The Morgan fingerprint density at radius 3 is 2.55 bits per heavy atom. The summed E-state index contributed by atoms with van der Waals surface area (Å²) in [5.41, 5.74) is 3.18. The zero-order valence-corrected chi connectivity index (χ0v) is 13.0. The zero-order valence-electron chi connectivity index (χ0n) is 10.6. The minimum Gasteiger partial charge on any atom is -0.304 e. The Bertz CT molecular complexity index is 760. The highest BCUT2D eigenvalue weighted by Gasteiger charge is 2.07. The summed E-state index contributed by atoms with van der Waals surface area (Å²) in [6.07, 6.45) is 0. The van der Waals surface area contributed by atoms with E-state index in [0.29, 0.717) is 6.54 Å². The summed E-state index contributed by atoms with van der Waals surface area (Å²) in [4.78, 5) is 12.2. The molecular formula is C16H12BrNOS. The van der Waals surface area contributed by atoms with Gasteiger partial charge < -0.3 is 4.57 Å². The van der Waals surface area contributed by atoms with Crippen LogP contribution < -0.4 is 5.56 Å². The van der Waals surface area contributed by atoms with Crippen LogP contribution in [0.5, 0.6) is 0 Å². The Labute approximate surface area is 129 Å². The van der Waals surface area contributed by atoms with Crippen LogP contribution in [0.15, 0.2) is 68.6 Å². The van der Waals surface area contributed by atoms with Crippen molar-refractivity contribution in [3.8, 4) is 11.3 Å². The highest BCUT2D eigenvalue weighted by molar-refractivity contribution is 9.10. The Balaban J connectivity index is 2.05. The zero-order chi connectivity index (χ0) is 13.9. The lowest BCUT2D eigenvalue weighted by molar-refractivity contribution is 0.768. The van der Waals surface area contributed by atoms with E-state index in [4.69, 9.17) is 0 Å². The molecule has 0 saturated heterocycles. The van der Waals surface area contributed by atoms with Gasteiger partial charge in [-0.05, 0) is 35.2 Å². The van der Waals surface area contributed by atoms with E-state index in [9.17, 15) is 4.79 Å². The van der Waals surface area contributed by atoms with Crippen LogP contribution in [-0.4, -0.2) is 4.57 Å². The van der Waals surface area contributed by atoms with Crippen molar-refractivity contribution in [2.45, 2.75) is 6.54 Å². The fourth-order valence-electron chi connectivity index (χ4n) is 2.12. The summed E-state index contributed by atoms with van der Waals surface area (Å²) >= 11 is 5.06. The third-order valence-corrected chi connectivity index (χ3v) is 4.33. The molecule has 20 heavy (non-hydrogen) atoms. The lowest BCUT2D eigenvalue weighted by Gasteiger charge is -2.11. The number of thiophene rings is 1. The average molecular weight is 346 g/mol. The number of hydrogen-bond donors (Lipinski definition) is 0. The van der Waals surface area contributed by atoms with Crippen molar-refractivity contribution < 1.29 is 0 Å². The second-order valence-corrected chi connectivity index (χ2v) is 6.17. The summed E-state index contributed by atoms with van der Waals surface area (Å²) in [6, 6.07) is 15.5. The summed E-state index contributed by atoms with van der Waals surface area (Å²) < 4.78 is 2.85. The molecule has 0 aliphatic rings. The monoisotopic (exact) mass is 345 g/mol. The van der Waals surface area contributed by atoms with Crippen molar-refractivity contribution in [1.29, 1.82) is 0 Å². The molecule has 2 heterocycles. The molecule has 0 aliphatic carbocycles. The van der Waals surface area contributed by atoms with Crippen molar-refractivity contribution >= 4 is 27.3 Å². The fraction of sp³-hybridized carbons (Fsp3) is 0.0625. The summed E-state index contributed by atoms with van der Waals surface area (Å²) in [5.74, 6) is 0. The Hall–Kier alpha value is -1.65. The van der Waals surface area contributed by atoms with Gasteiger partial charge in [0, 0.05) is 21.5 Å². The topological polar surface area (TPSA) is 22.0 Å². The van der Waals surface area contributed by atoms with Gasteiger partial charge in [0.1, 0.15) is 0 Å². The number of aromatic nitrogens is 1. The molecule has 1 aromatic carbocycles. The van der Waals surface area contributed by atoms with E-state index in [0.717, 1.165) is 21.3 Å². The summed E-state index contributed by atoms with van der Waals surface area (Å²) in [7, 11) is 0. The van der Waals surface area contributed by atoms with Crippen molar-refractivity contribution in [3.63, 3.8) is 0 Å². The number of hydrogen-bond acceptors (Lipinski definition) is 2. The molecule has 2 nitrogen and oxygen atoms in total. The van der Waals surface area contributed by atoms with Gasteiger partial charge in [-0.15, -0.1) is 0 Å². The third-order valence-electron chi connectivity index (χ3n) is 3.12. The predicted molar refractivity (Wildman–Crippen MR) is 87.3 cm³/mol. The molecule has 0 amide bonds. The normalized spacial score (nSPS) is 10.7. The average Bonchev–Trinajstić information content (AvgIpc) is 2.97. The Morgan fingerprint density at radius 2 is 1.85 bits per heavy atom. The first-order valence-electron chi connectivity index (χ1n) is 6.21. The number of pyridine rings is 1. The van der Waals surface area contributed by atoms with Crippen molar-refractivity contribution in [2.75, 3.05) is 0 Å². The first-order chi connectivity index (χ1) is 9.74. The molecule has 0 bridgehead atoms. The number of benzene rings is 1. The van der Waals surface area contributed by atoms with E-state index in [-0.39, 0.29) is 5.56 Å². The first kappa shape index (κ1) is 13.3. The van der Waals surface area contributed by atoms with Gasteiger partial charge in [0.25, 0.3) is 5.56 Å². The molecule has 0 N–H and O–H groups in total. The van der Waals surface area contributed by atoms with Crippen LogP contribution in [0.3, 0.4) is 0 Å². The molecule has 100 valence electrons. The van der Waals surface area contributed by atoms with Crippen molar-refractivity contribution in [2.24, 2.45) is 0 Å². The van der Waals surface area contributed by atoms with E-state index in [2.05, 4.69) is 21.3 Å². The maximum atomic E-state index is 12.2. The summed E-state index contributed by atoms with van der Waals surface area (Å²) in [6.45, 7) is 0.581. The maximum Gasteiger partial charge on any atom is 0.251 e. The van der Waals surface area contributed by atoms with E-state index < -0.39 is 0 Å². The number of halogens is 1. The second kappa shape index (κ2) is 5.77. The highest BCUT2D eigenvalue weighted by atomic mass is 79.9. The quantitative estimate of drug-likeness (QED) is 0.690. The van der Waals surface area contributed by atoms with Crippen LogP contribution in [0, 0.1) is 0 Å². The van der Waals surface area contributed by atoms with Crippen LogP contribution in [0.4, 0.5) is 0 Å². The third kappa shape index (κ3) is 2.76. The molecule has 0 unspecified atom stereocenters. The second-order valence-electron chi connectivity index (χ2n) is 4.47. The molecule has 3 rings (SSSR count). The maximum absolute atomic E-state index is 12.2. The molecule has 3 aromatic rings. The van der Waals surface area contributed by atoms with Gasteiger partial charge in [0.15, 0.2) is 0 Å². The lowest BCUT2D eigenvalue weighted by atomic mass is 10.2. The van der Waals surface area contributed by atoms with E-state index in [1.807, 2.05) is 52.4 Å². The molecule has 0 atom stereocenters. The van der Waals surface area contributed by atoms with Gasteiger partial charge in [0.05, 0.1) is 12.2 Å². The molecule has 0 saturated carbocycles. The van der Waals surface area contributed by atoms with Crippen LogP contribution >= 0.6 is 27.3 Å². The lowest BCUT2D eigenvalue weighted by Crippen LogP contribution is -2.21. The predicted octanol–water partition coefficient (Wildman–Crippen LogP) is 4.39. The molecule has 0 aliphatic heterocycles. The SMILES string of the molecule is O=c1cccc(-c2ccsc2)n1Cc1ccc(Br)cc1. The minimum atomic E-state index is 0.0246. The van der Waals surface area contributed by atoms with Crippen LogP contribution in [-0.2, 0) is 6.54 Å². The number of nitrogens with zero attached hydrogens (tertiary/aromatic N) is 1. The van der Waals surface area contributed by atoms with Gasteiger partial charge in [-0.1, -0.05) is 34.1 Å². The van der Waals surface area contributed by atoms with Crippen molar-refractivity contribution in [1.82, 2.24) is 4.57 Å². The smallest absolute Gasteiger partial charge is 0.251 e. The molecule has 0 spiro atoms. The van der Waals surface area contributed by atoms with E-state index >= 15 is 0 Å². The fourth-order valence-corrected chi connectivity index (χ4v) is 3.03. The van der Waals surface area contributed by atoms with E-state index in [1.165, 1.54) is 0 Å². The van der Waals surface area contributed by atoms with Gasteiger partial charge in [-0.2, -0.15) is 11.3 Å². The molecule has 2 aromatic heterocycles. The van der Waals surface area contributed by atoms with E-state index in [1.54, 1.807) is 17.4 Å². The van der Waals surface area contributed by atoms with Gasteiger partial charge in [-0.3, -0.25) is 4.79 Å². The minimum absolute atomic E-state index is 0.0246. The van der Waals surface area contributed by atoms with Gasteiger partial charge in [-0.25, -0.2) is 0 Å². The van der Waals surface area contributed by atoms with Crippen molar-refractivity contribution in [3.05, 3.63) is 79.7 Å². The van der Waals surface area contributed by atoms with Gasteiger partial charge >= 0.3 is 0 Å². The molecule has 0 fully saturated rings. The molecular weight excluding hydrogens is 334 g/mol. The van der Waals surface area contributed by atoms with Crippen LogP contribution in [0.2, 0.25) is 0 Å². The van der Waals surface area contributed by atoms with Gasteiger partial charge in [0.2, 0.25) is 0 Å². The van der Waals surface area contributed by atoms with Crippen LogP contribution in [0.25, 0.3) is 11.3 Å². The summed E-state index contributed by atoms with van der Waals surface area (Å²) in [5, 5.41) is 4.09.